The molecule has 0 saturated carbocycles. The smallest absolute Gasteiger partial charge is 0.202 e. The summed E-state index contributed by atoms with van der Waals surface area (Å²) in [5.74, 6) is 0. The molecule has 1 aromatic heterocycles. The number of furan rings is 1. The van der Waals surface area contributed by atoms with E-state index in [9.17, 15) is 0 Å². The summed E-state index contributed by atoms with van der Waals surface area (Å²) in [7, 11) is 0. The Morgan fingerprint density at radius 2 is 0.755 bits per heavy atom. The third-order valence-electron chi connectivity index (χ3n) is 10.1. The highest BCUT2D eigenvalue weighted by Crippen LogP contribution is 2.46. The summed E-state index contributed by atoms with van der Waals surface area (Å²) in [6, 6.07) is 57.9. The molecule has 0 aliphatic rings. The summed E-state index contributed by atoms with van der Waals surface area (Å²) in [6.07, 6.45) is 0. The van der Waals surface area contributed by atoms with Crippen LogP contribution in [0.2, 0.25) is 0 Å². The van der Waals surface area contributed by atoms with Gasteiger partial charge in [0.1, 0.15) is 11.2 Å². The predicted molar refractivity (Wildman–Crippen MR) is 206 cm³/mol. The minimum Gasteiger partial charge on any atom is -0.456 e. The Morgan fingerprint density at radius 3 is 1.29 bits per heavy atom. The highest BCUT2D eigenvalue weighted by molar-refractivity contribution is 6.23. The average Bonchev–Trinajstić information content (AvgIpc) is 3.53. The Kier molecular flexibility index (Phi) is 5.97. The molecule has 0 aliphatic carbocycles. The summed E-state index contributed by atoms with van der Waals surface area (Å²) >= 11 is 0. The van der Waals surface area contributed by atoms with Crippen LogP contribution in [0.5, 0.6) is 0 Å². The van der Waals surface area contributed by atoms with Crippen LogP contribution in [0, 0.1) is 6.57 Å². The van der Waals surface area contributed by atoms with Crippen LogP contribution in [-0.2, 0) is 0 Å². The lowest BCUT2D eigenvalue weighted by molar-refractivity contribution is 0.669. The second-order valence-electron chi connectivity index (χ2n) is 12.7. The highest BCUT2D eigenvalue weighted by Gasteiger charge is 2.19. The van der Waals surface area contributed by atoms with Crippen molar-refractivity contribution in [3.8, 4) is 33.4 Å². The number of hydrogen-bond donors (Lipinski definition) is 0. The van der Waals surface area contributed by atoms with Gasteiger partial charge in [0, 0.05) is 10.8 Å². The van der Waals surface area contributed by atoms with Gasteiger partial charge in [-0.2, -0.15) is 0 Å². The Hall–Kier alpha value is -6.69. The predicted octanol–water partition coefficient (Wildman–Crippen LogP) is 13.8. The lowest BCUT2D eigenvalue weighted by Crippen LogP contribution is -1.90. The normalized spacial score (nSPS) is 11.7. The number of nitrogens with zero attached hydrogens (tertiary/aromatic N) is 1. The minimum atomic E-state index is 0.698. The molecule has 10 aromatic rings. The van der Waals surface area contributed by atoms with Crippen LogP contribution in [0.4, 0.5) is 5.69 Å². The average molecular weight is 622 g/mol. The molecule has 226 valence electrons. The van der Waals surface area contributed by atoms with Crippen molar-refractivity contribution in [2.24, 2.45) is 0 Å². The maximum absolute atomic E-state index is 7.98. The van der Waals surface area contributed by atoms with E-state index in [0.717, 1.165) is 60.2 Å². The lowest BCUT2D eigenvalue weighted by Gasteiger charge is -2.17. The van der Waals surface area contributed by atoms with Crippen molar-refractivity contribution in [1.29, 1.82) is 0 Å². The Morgan fingerprint density at radius 1 is 0.327 bits per heavy atom. The third kappa shape index (κ3) is 4.07. The zero-order valence-electron chi connectivity index (χ0n) is 26.4. The van der Waals surface area contributed by atoms with Gasteiger partial charge >= 0.3 is 0 Å². The maximum atomic E-state index is 7.98. The molecule has 0 unspecified atom stereocenters. The van der Waals surface area contributed by atoms with E-state index in [1.54, 1.807) is 0 Å². The second-order valence-corrected chi connectivity index (χ2v) is 12.7. The Bertz CT molecular complexity index is 2880. The minimum absolute atomic E-state index is 0.698. The first-order valence-corrected chi connectivity index (χ1v) is 16.6. The molecule has 0 saturated heterocycles. The van der Waals surface area contributed by atoms with Crippen molar-refractivity contribution in [1.82, 2.24) is 0 Å². The number of benzene rings is 9. The van der Waals surface area contributed by atoms with Crippen molar-refractivity contribution in [2.75, 3.05) is 0 Å². The summed E-state index contributed by atoms with van der Waals surface area (Å²) in [6.45, 7) is 7.98. The van der Waals surface area contributed by atoms with Gasteiger partial charge in [0.25, 0.3) is 0 Å². The molecular weight excluding hydrogens is 595 g/mol. The van der Waals surface area contributed by atoms with Gasteiger partial charge in [-0.05, 0) is 101 Å². The zero-order valence-corrected chi connectivity index (χ0v) is 26.4. The van der Waals surface area contributed by atoms with E-state index in [2.05, 4.69) is 157 Å². The molecule has 2 heteroatoms. The largest absolute Gasteiger partial charge is 0.456 e. The molecule has 0 radical (unpaired) electrons. The molecular formula is C47H27NO. The molecule has 0 atom stereocenters. The van der Waals surface area contributed by atoms with E-state index < -0.39 is 0 Å². The lowest BCUT2D eigenvalue weighted by atomic mass is 9.86. The standard InChI is InChI=1S/C47H27NO/c1-48-47-39-21-11-9-19-37(39)46(38-20-10-12-22-40(38)47)31-23-25-32-41-27-30(24-26-42(41)49-43(32)28-31)45-35-17-7-5-15-33(35)44(29-13-3-2-4-14-29)34-16-6-8-18-36(34)45/h2-28H. The van der Waals surface area contributed by atoms with Crippen LogP contribution >= 0.6 is 0 Å². The molecule has 49 heavy (non-hydrogen) atoms. The summed E-state index contributed by atoms with van der Waals surface area (Å²) in [4.78, 5) is 3.96. The molecule has 9 aromatic carbocycles. The number of fused-ring (bicyclic) bond motifs is 7. The highest BCUT2D eigenvalue weighted by atomic mass is 16.3. The molecule has 10 rings (SSSR count). The van der Waals surface area contributed by atoms with E-state index in [1.807, 2.05) is 12.1 Å². The summed E-state index contributed by atoms with van der Waals surface area (Å²) < 4.78 is 6.58. The molecule has 2 nitrogen and oxygen atoms in total. The first-order chi connectivity index (χ1) is 24.3. The molecule has 0 fully saturated rings. The zero-order chi connectivity index (χ0) is 32.5. The van der Waals surface area contributed by atoms with E-state index in [1.165, 1.54) is 38.2 Å². The second kappa shape index (κ2) is 10.7. The number of hydrogen-bond acceptors (Lipinski definition) is 1. The summed E-state index contributed by atoms with van der Waals surface area (Å²) in [5.41, 5.74) is 9.49. The maximum Gasteiger partial charge on any atom is 0.202 e. The van der Waals surface area contributed by atoms with E-state index in [-0.39, 0.29) is 0 Å². The summed E-state index contributed by atoms with van der Waals surface area (Å²) in [5, 5.41) is 11.2. The van der Waals surface area contributed by atoms with Crippen molar-refractivity contribution < 1.29 is 4.42 Å². The van der Waals surface area contributed by atoms with Crippen LogP contribution in [0.1, 0.15) is 0 Å². The van der Waals surface area contributed by atoms with Crippen molar-refractivity contribution in [3.63, 3.8) is 0 Å². The quantitative estimate of drug-likeness (QED) is 0.142. The van der Waals surface area contributed by atoms with Gasteiger partial charge in [0.05, 0.1) is 6.57 Å². The first kappa shape index (κ1) is 27.4. The fraction of sp³-hybridized carbons (Fsp3) is 0. The third-order valence-corrected chi connectivity index (χ3v) is 10.1. The van der Waals surface area contributed by atoms with Gasteiger partial charge < -0.3 is 4.42 Å². The molecule has 1 heterocycles. The Labute approximate surface area is 282 Å². The van der Waals surface area contributed by atoms with Crippen LogP contribution in [0.15, 0.2) is 168 Å². The van der Waals surface area contributed by atoms with Crippen molar-refractivity contribution in [2.45, 2.75) is 0 Å². The first-order valence-electron chi connectivity index (χ1n) is 16.6. The fourth-order valence-electron chi connectivity index (χ4n) is 7.98. The molecule has 0 amide bonds. The van der Waals surface area contributed by atoms with E-state index >= 15 is 0 Å². The van der Waals surface area contributed by atoms with Crippen LogP contribution in [0.25, 0.3) is 103 Å². The van der Waals surface area contributed by atoms with Crippen molar-refractivity contribution >= 4 is 70.7 Å². The molecule has 0 N–H and O–H groups in total. The van der Waals surface area contributed by atoms with Crippen molar-refractivity contribution in [3.05, 3.63) is 175 Å². The molecule has 0 spiro atoms. The fourth-order valence-corrected chi connectivity index (χ4v) is 7.98. The van der Waals surface area contributed by atoms with Crippen LogP contribution in [-0.4, -0.2) is 0 Å². The van der Waals surface area contributed by atoms with Gasteiger partial charge in [-0.25, -0.2) is 4.85 Å². The van der Waals surface area contributed by atoms with Gasteiger partial charge in [-0.3, -0.25) is 0 Å². The van der Waals surface area contributed by atoms with Gasteiger partial charge in [0.2, 0.25) is 5.69 Å². The molecule has 0 bridgehead atoms. The van der Waals surface area contributed by atoms with Gasteiger partial charge in [0.15, 0.2) is 0 Å². The number of rotatable bonds is 3. The van der Waals surface area contributed by atoms with Crippen LogP contribution < -0.4 is 0 Å². The van der Waals surface area contributed by atoms with E-state index in [0.29, 0.717) is 5.69 Å². The SMILES string of the molecule is [C-]#[N+]c1c2ccccc2c(-c2ccc3c(c2)oc2ccc(-c4c5ccccc5c(-c5ccccc5)c5ccccc45)cc23)c2ccccc12. The van der Waals surface area contributed by atoms with Crippen LogP contribution in [0.3, 0.4) is 0 Å². The molecule has 0 aliphatic heterocycles. The van der Waals surface area contributed by atoms with Gasteiger partial charge in [-0.1, -0.05) is 140 Å². The van der Waals surface area contributed by atoms with Gasteiger partial charge in [-0.15, -0.1) is 0 Å². The topological polar surface area (TPSA) is 17.5 Å². The monoisotopic (exact) mass is 621 g/mol. The van der Waals surface area contributed by atoms with E-state index in [4.69, 9.17) is 11.0 Å². The Balaban J connectivity index is 1.21.